The van der Waals surface area contributed by atoms with Crippen molar-refractivity contribution >= 4 is 0 Å². The predicted molar refractivity (Wildman–Crippen MR) is 46.5 cm³/mol. The molecule has 2 heteroatoms. The van der Waals surface area contributed by atoms with Crippen molar-refractivity contribution in [2.24, 2.45) is 5.92 Å². The van der Waals surface area contributed by atoms with Crippen LogP contribution in [0.5, 0.6) is 0 Å². The Kier molecular flexibility index (Phi) is 1.55. The zero-order valence-electron chi connectivity index (χ0n) is 7.28. The van der Waals surface area contributed by atoms with Crippen molar-refractivity contribution in [3.05, 3.63) is 11.6 Å². The zero-order valence-corrected chi connectivity index (χ0v) is 7.28. The molecule has 2 N–H and O–H groups in total. The van der Waals surface area contributed by atoms with Crippen LogP contribution in [0.3, 0.4) is 0 Å². The van der Waals surface area contributed by atoms with E-state index in [9.17, 15) is 0 Å². The van der Waals surface area contributed by atoms with Crippen LogP contribution in [-0.2, 0) is 0 Å². The lowest BCUT2D eigenvalue weighted by Crippen LogP contribution is -2.09. The molecule has 1 saturated carbocycles. The molecule has 0 aromatic rings. The van der Waals surface area contributed by atoms with Gasteiger partial charge in [-0.1, -0.05) is 11.6 Å². The minimum absolute atomic E-state index is 0.592. The molecule has 0 radical (unpaired) electrons. The molecule has 1 aliphatic heterocycles. The van der Waals surface area contributed by atoms with Crippen LogP contribution >= 0.6 is 0 Å². The van der Waals surface area contributed by atoms with Crippen LogP contribution in [0.25, 0.3) is 0 Å². The fourth-order valence-electron chi connectivity index (χ4n) is 1.75. The summed E-state index contributed by atoms with van der Waals surface area (Å²) >= 11 is 0. The maximum atomic E-state index is 3.42. The third-order valence-electron chi connectivity index (χ3n) is 2.71. The Morgan fingerprint density at radius 2 is 2.55 bits per heavy atom. The van der Waals surface area contributed by atoms with E-state index in [2.05, 4.69) is 23.6 Å². The molecular weight excluding hydrogens is 136 g/mol. The summed E-state index contributed by atoms with van der Waals surface area (Å²) in [4.78, 5) is 0. The standard InChI is InChI=1S/C9H16N2/c1-7(5-10-2)3-8-4-9(8)6-11-9/h3,8,10-11H,4-6H2,1-2H3/b7-3-. The third kappa shape index (κ3) is 1.33. The van der Waals surface area contributed by atoms with Gasteiger partial charge in [0, 0.05) is 18.6 Å². The molecule has 1 aliphatic carbocycles. The molecule has 0 bridgehead atoms. The first-order valence-electron chi connectivity index (χ1n) is 4.34. The van der Waals surface area contributed by atoms with Crippen LogP contribution < -0.4 is 10.6 Å². The third-order valence-corrected chi connectivity index (χ3v) is 2.71. The molecule has 62 valence electrons. The van der Waals surface area contributed by atoms with Crippen molar-refractivity contribution in [3.63, 3.8) is 0 Å². The average molecular weight is 152 g/mol. The molecule has 1 saturated heterocycles. The number of nitrogens with one attached hydrogen (secondary N) is 2. The summed E-state index contributed by atoms with van der Waals surface area (Å²) < 4.78 is 0. The van der Waals surface area contributed by atoms with Crippen molar-refractivity contribution in [1.82, 2.24) is 10.6 Å². The summed E-state index contributed by atoms with van der Waals surface area (Å²) in [6.07, 6.45) is 3.78. The van der Waals surface area contributed by atoms with Crippen molar-refractivity contribution in [2.75, 3.05) is 20.1 Å². The minimum Gasteiger partial charge on any atom is -0.316 e. The van der Waals surface area contributed by atoms with Gasteiger partial charge in [0.25, 0.3) is 0 Å². The molecule has 2 rings (SSSR count). The van der Waals surface area contributed by atoms with E-state index in [-0.39, 0.29) is 0 Å². The summed E-state index contributed by atoms with van der Waals surface area (Å²) in [6, 6.07) is 0. The molecule has 2 fully saturated rings. The molecule has 0 aromatic carbocycles. The second-order valence-corrected chi connectivity index (χ2v) is 3.86. The molecule has 2 unspecified atom stereocenters. The van der Waals surface area contributed by atoms with Crippen LogP contribution in [0.1, 0.15) is 13.3 Å². The highest BCUT2D eigenvalue weighted by Crippen LogP contribution is 2.51. The van der Waals surface area contributed by atoms with Crippen LogP contribution in [0, 0.1) is 5.92 Å². The topological polar surface area (TPSA) is 34.0 Å². The molecule has 1 heterocycles. The highest BCUT2D eigenvalue weighted by atomic mass is 15.2. The van der Waals surface area contributed by atoms with E-state index < -0.39 is 0 Å². The Labute approximate surface area is 68.1 Å². The van der Waals surface area contributed by atoms with E-state index in [4.69, 9.17) is 0 Å². The predicted octanol–water partition coefficient (Wildman–Crippen LogP) is 0.514. The highest BCUT2D eigenvalue weighted by Gasteiger charge is 2.61. The zero-order chi connectivity index (χ0) is 7.90. The smallest absolute Gasteiger partial charge is 0.0377 e. The monoisotopic (exact) mass is 152 g/mol. The van der Waals surface area contributed by atoms with E-state index in [0.29, 0.717) is 5.54 Å². The van der Waals surface area contributed by atoms with E-state index in [1.807, 2.05) is 7.05 Å². The Hall–Kier alpha value is -0.340. The van der Waals surface area contributed by atoms with Gasteiger partial charge in [-0.2, -0.15) is 0 Å². The second-order valence-electron chi connectivity index (χ2n) is 3.86. The molecule has 1 spiro atoms. The van der Waals surface area contributed by atoms with E-state index in [0.717, 1.165) is 12.5 Å². The van der Waals surface area contributed by atoms with Crippen LogP contribution in [0.15, 0.2) is 11.6 Å². The van der Waals surface area contributed by atoms with Crippen LogP contribution in [-0.4, -0.2) is 25.7 Å². The largest absolute Gasteiger partial charge is 0.316 e. The highest BCUT2D eigenvalue weighted by molar-refractivity contribution is 5.29. The van der Waals surface area contributed by atoms with Gasteiger partial charge in [0.2, 0.25) is 0 Å². The summed E-state index contributed by atoms with van der Waals surface area (Å²) in [5.74, 6) is 0.843. The van der Waals surface area contributed by atoms with Gasteiger partial charge in [-0.25, -0.2) is 0 Å². The van der Waals surface area contributed by atoms with Gasteiger partial charge in [0.1, 0.15) is 0 Å². The van der Waals surface area contributed by atoms with Crippen molar-refractivity contribution in [2.45, 2.75) is 18.9 Å². The van der Waals surface area contributed by atoms with Gasteiger partial charge in [-0.15, -0.1) is 0 Å². The van der Waals surface area contributed by atoms with Gasteiger partial charge in [-0.05, 0) is 26.3 Å². The molecule has 2 atom stereocenters. The van der Waals surface area contributed by atoms with E-state index >= 15 is 0 Å². The minimum atomic E-state index is 0.592. The van der Waals surface area contributed by atoms with Crippen molar-refractivity contribution < 1.29 is 0 Å². The fourth-order valence-corrected chi connectivity index (χ4v) is 1.75. The lowest BCUT2D eigenvalue weighted by Gasteiger charge is -1.97. The number of rotatable bonds is 3. The molecule has 0 aromatic heterocycles. The lowest BCUT2D eigenvalue weighted by atomic mass is 10.2. The average Bonchev–Trinajstić information content (AvgIpc) is 2.79. The Bertz CT molecular complexity index is 192. The maximum Gasteiger partial charge on any atom is 0.0377 e. The van der Waals surface area contributed by atoms with Gasteiger partial charge in [0.15, 0.2) is 0 Å². The summed E-state index contributed by atoms with van der Waals surface area (Å²) in [7, 11) is 2.00. The SMILES string of the molecule is CNC/C(C)=C\C1CC12CN2. The molecule has 0 amide bonds. The van der Waals surface area contributed by atoms with Crippen LogP contribution in [0.2, 0.25) is 0 Å². The van der Waals surface area contributed by atoms with Gasteiger partial charge < -0.3 is 10.6 Å². The number of hydrogen-bond acceptors (Lipinski definition) is 2. The Morgan fingerprint density at radius 3 is 3.00 bits per heavy atom. The maximum absolute atomic E-state index is 3.42. The second kappa shape index (κ2) is 2.32. The first-order chi connectivity index (χ1) is 5.27. The number of likely N-dealkylation sites (N-methyl/N-ethyl adjacent to an activating group) is 1. The Balaban J connectivity index is 1.84. The van der Waals surface area contributed by atoms with E-state index in [1.165, 1.54) is 18.5 Å². The molecule has 2 aliphatic rings. The van der Waals surface area contributed by atoms with Gasteiger partial charge in [0.05, 0.1) is 0 Å². The first kappa shape index (κ1) is 7.32. The quantitative estimate of drug-likeness (QED) is 0.456. The fraction of sp³-hybridized carbons (Fsp3) is 0.778. The summed E-state index contributed by atoms with van der Waals surface area (Å²) in [6.45, 7) is 4.48. The first-order valence-corrected chi connectivity index (χ1v) is 4.34. The van der Waals surface area contributed by atoms with Crippen molar-refractivity contribution in [1.29, 1.82) is 0 Å². The van der Waals surface area contributed by atoms with Crippen LogP contribution in [0.4, 0.5) is 0 Å². The lowest BCUT2D eigenvalue weighted by molar-refractivity contribution is 0.857. The van der Waals surface area contributed by atoms with Crippen molar-refractivity contribution in [3.8, 4) is 0 Å². The molecule has 2 nitrogen and oxygen atoms in total. The normalized spacial score (nSPS) is 41.3. The molecular formula is C9H16N2. The Morgan fingerprint density at radius 1 is 1.82 bits per heavy atom. The summed E-state index contributed by atoms with van der Waals surface area (Å²) in [5.41, 5.74) is 2.07. The molecule has 11 heavy (non-hydrogen) atoms. The van der Waals surface area contributed by atoms with Gasteiger partial charge in [-0.3, -0.25) is 0 Å². The van der Waals surface area contributed by atoms with Gasteiger partial charge >= 0.3 is 0 Å². The van der Waals surface area contributed by atoms with E-state index in [1.54, 1.807) is 0 Å². The number of hydrogen-bond donors (Lipinski definition) is 2. The summed E-state index contributed by atoms with van der Waals surface area (Å²) in [5, 5.41) is 6.58.